The zero-order chi connectivity index (χ0) is 18.9. The fourth-order valence-electron chi connectivity index (χ4n) is 1.87. The third-order valence-corrected chi connectivity index (χ3v) is 3.07. The summed E-state index contributed by atoms with van der Waals surface area (Å²) in [5.41, 5.74) is 1.10. The van der Waals surface area contributed by atoms with Crippen LogP contribution in [0, 0.1) is 6.92 Å². The standard InChI is InChI=1S/C18H27N3O4/c1-13-5-7-14(8-6-13)16(23)20-12-11-19-15(22)9-10-21-17(24)25-18(2,3)4/h5-8H,9-12H2,1-4H3,(H,19,22)(H,20,23)(H,21,24). The van der Waals surface area contributed by atoms with E-state index in [0.717, 1.165) is 5.56 Å². The summed E-state index contributed by atoms with van der Waals surface area (Å²) in [6.07, 6.45) is -0.406. The number of ether oxygens (including phenoxy) is 1. The van der Waals surface area contributed by atoms with Crippen molar-refractivity contribution >= 4 is 17.9 Å². The van der Waals surface area contributed by atoms with Crippen molar-refractivity contribution in [2.75, 3.05) is 19.6 Å². The molecule has 0 radical (unpaired) electrons. The molecule has 1 rings (SSSR count). The van der Waals surface area contributed by atoms with E-state index in [1.54, 1.807) is 32.9 Å². The van der Waals surface area contributed by atoms with Crippen LogP contribution >= 0.6 is 0 Å². The minimum Gasteiger partial charge on any atom is -0.444 e. The van der Waals surface area contributed by atoms with Gasteiger partial charge in [-0.25, -0.2) is 4.79 Å². The average molecular weight is 349 g/mol. The van der Waals surface area contributed by atoms with Gasteiger partial charge in [0.05, 0.1) is 0 Å². The van der Waals surface area contributed by atoms with Crippen molar-refractivity contribution in [1.82, 2.24) is 16.0 Å². The first-order chi connectivity index (χ1) is 11.7. The zero-order valence-electron chi connectivity index (χ0n) is 15.3. The number of hydrogen-bond acceptors (Lipinski definition) is 4. The summed E-state index contributed by atoms with van der Waals surface area (Å²) in [4.78, 5) is 34.9. The van der Waals surface area contributed by atoms with Gasteiger partial charge in [0.25, 0.3) is 5.91 Å². The predicted molar refractivity (Wildman–Crippen MR) is 95.4 cm³/mol. The smallest absolute Gasteiger partial charge is 0.407 e. The number of aryl methyl sites for hydroxylation is 1. The summed E-state index contributed by atoms with van der Waals surface area (Å²) in [5.74, 6) is -0.388. The van der Waals surface area contributed by atoms with Crippen molar-refractivity contribution in [1.29, 1.82) is 0 Å². The normalized spacial score (nSPS) is 10.7. The molecule has 0 aromatic heterocycles. The number of amides is 3. The molecular weight excluding hydrogens is 322 g/mol. The average Bonchev–Trinajstić information content (AvgIpc) is 2.50. The highest BCUT2D eigenvalue weighted by Crippen LogP contribution is 2.06. The maximum absolute atomic E-state index is 11.9. The summed E-state index contributed by atoms with van der Waals surface area (Å²) < 4.78 is 5.06. The number of carbonyl (C=O) groups is 3. The van der Waals surface area contributed by atoms with E-state index >= 15 is 0 Å². The Morgan fingerprint density at radius 3 is 2.12 bits per heavy atom. The van der Waals surface area contributed by atoms with Gasteiger partial charge in [0.1, 0.15) is 5.60 Å². The lowest BCUT2D eigenvalue weighted by molar-refractivity contribution is -0.120. The number of benzene rings is 1. The lowest BCUT2D eigenvalue weighted by Crippen LogP contribution is -2.37. The predicted octanol–water partition coefficient (Wildman–Crippen LogP) is 1.76. The highest BCUT2D eigenvalue weighted by Gasteiger charge is 2.15. The molecule has 0 fully saturated rings. The summed E-state index contributed by atoms with van der Waals surface area (Å²) in [5, 5.41) is 7.92. The summed E-state index contributed by atoms with van der Waals surface area (Å²) in [7, 11) is 0. The molecule has 0 saturated heterocycles. The van der Waals surface area contributed by atoms with Crippen molar-refractivity contribution < 1.29 is 19.1 Å². The first kappa shape index (κ1) is 20.5. The summed E-state index contributed by atoms with van der Waals surface area (Å²) >= 11 is 0. The van der Waals surface area contributed by atoms with Gasteiger partial charge in [-0.2, -0.15) is 0 Å². The Bertz CT molecular complexity index is 591. The van der Waals surface area contributed by atoms with Crippen LogP contribution in [0.4, 0.5) is 4.79 Å². The fourth-order valence-corrected chi connectivity index (χ4v) is 1.87. The Balaban J connectivity index is 2.13. The maximum Gasteiger partial charge on any atom is 0.407 e. The third-order valence-electron chi connectivity index (χ3n) is 3.07. The van der Waals surface area contributed by atoms with Crippen LogP contribution < -0.4 is 16.0 Å². The number of alkyl carbamates (subject to hydrolysis) is 1. The van der Waals surface area contributed by atoms with Crippen LogP contribution in [-0.4, -0.2) is 43.1 Å². The molecule has 0 atom stereocenters. The first-order valence-electron chi connectivity index (χ1n) is 8.26. The number of hydrogen-bond donors (Lipinski definition) is 3. The van der Waals surface area contributed by atoms with Crippen LogP contribution in [0.3, 0.4) is 0 Å². The molecule has 0 unspecified atom stereocenters. The van der Waals surface area contributed by atoms with Gasteiger partial charge in [-0.05, 0) is 39.8 Å². The molecule has 0 aliphatic carbocycles. The van der Waals surface area contributed by atoms with Crippen molar-refractivity contribution in [3.8, 4) is 0 Å². The van der Waals surface area contributed by atoms with Gasteiger partial charge < -0.3 is 20.7 Å². The number of nitrogens with one attached hydrogen (secondary N) is 3. The Morgan fingerprint density at radius 1 is 0.920 bits per heavy atom. The molecule has 0 bridgehead atoms. The molecule has 3 N–H and O–H groups in total. The van der Waals surface area contributed by atoms with Gasteiger partial charge >= 0.3 is 6.09 Å². The van der Waals surface area contributed by atoms with Crippen LogP contribution in [0.15, 0.2) is 24.3 Å². The topological polar surface area (TPSA) is 96.5 Å². The molecule has 0 aliphatic rings. The van der Waals surface area contributed by atoms with E-state index in [2.05, 4.69) is 16.0 Å². The van der Waals surface area contributed by atoms with Crippen LogP contribution in [0.5, 0.6) is 0 Å². The molecule has 0 aliphatic heterocycles. The molecule has 25 heavy (non-hydrogen) atoms. The van der Waals surface area contributed by atoms with Gasteiger partial charge in [0, 0.05) is 31.6 Å². The van der Waals surface area contributed by atoms with E-state index < -0.39 is 11.7 Å². The SMILES string of the molecule is Cc1ccc(C(=O)NCCNC(=O)CCNC(=O)OC(C)(C)C)cc1. The van der Waals surface area contributed by atoms with E-state index in [-0.39, 0.29) is 24.8 Å². The molecule has 138 valence electrons. The summed E-state index contributed by atoms with van der Waals surface area (Å²) in [6, 6.07) is 7.25. The van der Waals surface area contributed by atoms with Gasteiger partial charge in [0.15, 0.2) is 0 Å². The Kier molecular flexibility index (Phi) is 7.91. The lowest BCUT2D eigenvalue weighted by atomic mass is 10.1. The van der Waals surface area contributed by atoms with Gasteiger partial charge in [0.2, 0.25) is 5.91 Å². The molecular formula is C18H27N3O4. The molecule has 0 heterocycles. The molecule has 1 aromatic carbocycles. The fraction of sp³-hybridized carbons (Fsp3) is 0.500. The Morgan fingerprint density at radius 2 is 1.52 bits per heavy atom. The van der Waals surface area contributed by atoms with E-state index in [1.807, 2.05) is 19.1 Å². The van der Waals surface area contributed by atoms with E-state index in [1.165, 1.54) is 0 Å². The van der Waals surface area contributed by atoms with E-state index in [0.29, 0.717) is 18.7 Å². The molecule has 3 amide bonds. The second-order valence-electron chi connectivity index (χ2n) is 6.65. The van der Waals surface area contributed by atoms with Crippen LogP contribution in [-0.2, 0) is 9.53 Å². The van der Waals surface area contributed by atoms with Gasteiger partial charge in [-0.1, -0.05) is 17.7 Å². The monoisotopic (exact) mass is 349 g/mol. The molecule has 0 spiro atoms. The molecule has 0 saturated carbocycles. The van der Waals surface area contributed by atoms with Crippen molar-refractivity contribution in [3.05, 3.63) is 35.4 Å². The first-order valence-corrected chi connectivity index (χ1v) is 8.26. The second-order valence-corrected chi connectivity index (χ2v) is 6.65. The molecule has 7 heteroatoms. The van der Waals surface area contributed by atoms with Crippen LogP contribution in [0.25, 0.3) is 0 Å². The number of carbonyl (C=O) groups excluding carboxylic acids is 3. The van der Waals surface area contributed by atoms with Crippen molar-refractivity contribution in [3.63, 3.8) is 0 Å². The lowest BCUT2D eigenvalue weighted by Gasteiger charge is -2.19. The molecule has 1 aromatic rings. The largest absolute Gasteiger partial charge is 0.444 e. The van der Waals surface area contributed by atoms with Gasteiger partial charge in [-0.3, -0.25) is 9.59 Å². The summed E-state index contributed by atoms with van der Waals surface area (Å²) in [6.45, 7) is 8.10. The number of rotatable bonds is 7. The Hall–Kier alpha value is -2.57. The van der Waals surface area contributed by atoms with Gasteiger partial charge in [-0.15, -0.1) is 0 Å². The van der Waals surface area contributed by atoms with Crippen molar-refractivity contribution in [2.24, 2.45) is 0 Å². The van der Waals surface area contributed by atoms with E-state index in [9.17, 15) is 14.4 Å². The highest BCUT2D eigenvalue weighted by molar-refractivity contribution is 5.94. The second kappa shape index (κ2) is 9.66. The van der Waals surface area contributed by atoms with Crippen LogP contribution in [0.2, 0.25) is 0 Å². The quantitative estimate of drug-likeness (QED) is 0.654. The minimum absolute atomic E-state index is 0.144. The maximum atomic E-state index is 11.9. The van der Waals surface area contributed by atoms with E-state index in [4.69, 9.17) is 4.74 Å². The highest BCUT2D eigenvalue weighted by atomic mass is 16.6. The third kappa shape index (κ3) is 9.34. The minimum atomic E-state index is -0.567. The van der Waals surface area contributed by atoms with Crippen LogP contribution in [0.1, 0.15) is 43.1 Å². The Labute approximate surface area is 148 Å². The molecule has 7 nitrogen and oxygen atoms in total. The van der Waals surface area contributed by atoms with Crippen molar-refractivity contribution in [2.45, 2.75) is 39.7 Å². The zero-order valence-corrected chi connectivity index (χ0v) is 15.3.